The molecule has 2 nitrogen and oxygen atoms in total. The van der Waals surface area contributed by atoms with Crippen molar-refractivity contribution in [2.75, 3.05) is 6.54 Å². The summed E-state index contributed by atoms with van der Waals surface area (Å²) >= 11 is 0. The zero-order valence-corrected chi connectivity index (χ0v) is 12.5. The molecule has 2 heteroatoms. The Morgan fingerprint density at radius 3 is 1.95 bits per heavy atom. The summed E-state index contributed by atoms with van der Waals surface area (Å²) in [5.74, 6) is 1.40. The highest BCUT2D eigenvalue weighted by molar-refractivity contribution is 5.30. The van der Waals surface area contributed by atoms with Crippen LogP contribution in [0, 0.1) is 6.92 Å². The lowest BCUT2D eigenvalue weighted by Gasteiger charge is -2.18. The molecule has 0 radical (unpaired) electrons. The van der Waals surface area contributed by atoms with Gasteiger partial charge in [0, 0.05) is 6.54 Å². The minimum atomic E-state index is -0.0982. The quantitative estimate of drug-likeness (QED) is 0.883. The van der Waals surface area contributed by atoms with Crippen LogP contribution >= 0.6 is 0 Å². The van der Waals surface area contributed by atoms with Crippen molar-refractivity contribution in [2.24, 2.45) is 5.73 Å². The van der Waals surface area contributed by atoms with E-state index in [4.69, 9.17) is 10.5 Å². The Morgan fingerprint density at radius 2 is 1.45 bits per heavy atom. The molecule has 0 aliphatic carbocycles. The molecule has 0 aliphatic heterocycles. The first-order valence-corrected chi connectivity index (χ1v) is 7.13. The van der Waals surface area contributed by atoms with Gasteiger partial charge in [-0.2, -0.15) is 0 Å². The Bertz CT molecular complexity index is 528. The fourth-order valence-electron chi connectivity index (χ4n) is 2.13. The molecule has 2 aromatic carbocycles. The van der Waals surface area contributed by atoms with Crippen LogP contribution in [0.3, 0.4) is 0 Å². The van der Waals surface area contributed by atoms with E-state index in [9.17, 15) is 0 Å². The van der Waals surface area contributed by atoms with Crippen LogP contribution in [0.1, 0.15) is 42.6 Å². The van der Waals surface area contributed by atoms with Gasteiger partial charge in [0.2, 0.25) is 0 Å². The third kappa shape index (κ3) is 3.61. The van der Waals surface area contributed by atoms with E-state index in [1.807, 2.05) is 24.3 Å². The lowest BCUT2D eigenvalue weighted by molar-refractivity contribution is 0.214. The van der Waals surface area contributed by atoms with E-state index >= 15 is 0 Å². The molecule has 1 atom stereocenters. The van der Waals surface area contributed by atoms with Crippen LogP contribution in [0.2, 0.25) is 0 Å². The minimum Gasteiger partial charge on any atom is -0.484 e. The maximum absolute atomic E-state index is 5.98. The maximum atomic E-state index is 5.98. The monoisotopic (exact) mass is 269 g/mol. The average molecular weight is 269 g/mol. The van der Waals surface area contributed by atoms with Crippen molar-refractivity contribution in [1.29, 1.82) is 0 Å². The molecule has 0 aliphatic rings. The van der Waals surface area contributed by atoms with Crippen molar-refractivity contribution in [1.82, 2.24) is 0 Å². The Kier molecular flexibility index (Phi) is 4.80. The Labute approximate surface area is 121 Å². The average Bonchev–Trinajstić information content (AvgIpc) is 2.47. The molecule has 0 aromatic heterocycles. The molecule has 106 valence electrons. The lowest BCUT2D eigenvalue weighted by atomic mass is 10.00. The van der Waals surface area contributed by atoms with E-state index in [0.29, 0.717) is 12.5 Å². The van der Waals surface area contributed by atoms with Gasteiger partial charge in [-0.15, -0.1) is 0 Å². The molecule has 0 heterocycles. The van der Waals surface area contributed by atoms with Gasteiger partial charge in [-0.25, -0.2) is 0 Å². The highest BCUT2D eigenvalue weighted by atomic mass is 16.5. The van der Waals surface area contributed by atoms with Crippen LogP contribution in [0.5, 0.6) is 5.75 Å². The number of benzene rings is 2. The predicted octanol–water partition coefficient (Wildman–Crippen LogP) is 4.20. The van der Waals surface area contributed by atoms with Gasteiger partial charge in [-0.3, -0.25) is 0 Å². The van der Waals surface area contributed by atoms with E-state index in [2.05, 4.69) is 45.0 Å². The second-order valence-corrected chi connectivity index (χ2v) is 5.48. The lowest BCUT2D eigenvalue weighted by Crippen LogP contribution is -2.18. The predicted molar refractivity (Wildman–Crippen MR) is 84.1 cm³/mol. The molecule has 0 saturated carbocycles. The Balaban J connectivity index is 2.13. The summed E-state index contributed by atoms with van der Waals surface area (Å²) < 4.78 is 5.98. The van der Waals surface area contributed by atoms with Crippen LogP contribution in [0.4, 0.5) is 0 Å². The van der Waals surface area contributed by atoms with Crippen molar-refractivity contribution in [3.63, 3.8) is 0 Å². The fraction of sp³-hybridized carbons (Fsp3) is 0.333. The minimum absolute atomic E-state index is 0.0982. The number of nitrogens with two attached hydrogens (primary N) is 1. The first-order chi connectivity index (χ1) is 9.60. The molecule has 2 N–H and O–H groups in total. The summed E-state index contributed by atoms with van der Waals surface area (Å²) in [5.41, 5.74) is 9.54. The normalized spacial score (nSPS) is 12.4. The Hall–Kier alpha value is -1.80. The third-order valence-corrected chi connectivity index (χ3v) is 3.49. The molecule has 20 heavy (non-hydrogen) atoms. The maximum Gasteiger partial charge on any atom is 0.136 e. The van der Waals surface area contributed by atoms with Crippen molar-refractivity contribution in [2.45, 2.75) is 32.8 Å². The van der Waals surface area contributed by atoms with Gasteiger partial charge in [0.25, 0.3) is 0 Å². The van der Waals surface area contributed by atoms with Gasteiger partial charge in [-0.1, -0.05) is 55.8 Å². The van der Waals surface area contributed by atoms with E-state index < -0.39 is 0 Å². The summed E-state index contributed by atoms with van der Waals surface area (Å²) in [5, 5.41) is 0. The largest absolute Gasteiger partial charge is 0.484 e. The second-order valence-electron chi connectivity index (χ2n) is 5.48. The molecule has 2 aromatic rings. The number of rotatable bonds is 5. The van der Waals surface area contributed by atoms with Crippen molar-refractivity contribution < 1.29 is 4.74 Å². The molecule has 1 unspecified atom stereocenters. The zero-order chi connectivity index (χ0) is 14.5. The van der Waals surface area contributed by atoms with Crippen molar-refractivity contribution >= 4 is 0 Å². The molecular weight excluding hydrogens is 246 g/mol. The number of aryl methyl sites for hydroxylation is 1. The van der Waals surface area contributed by atoms with Crippen LogP contribution < -0.4 is 10.5 Å². The van der Waals surface area contributed by atoms with Gasteiger partial charge in [0.15, 0.2) is 0 Å². The summed E-state index contributed by atoms with van der Waals surface area (Å²) in [6.07, 6.45) is -0.0982. The van der Waals surface area contributed by atoms with Gasteiger partial charge < -0.3 is 10.5 Å². The SMILES string of the molecule is Cc1ccc(OC(CN)c2ccc(C(C)C)cc2)cc1. The van der Waals surface area contributed by atoms with Gasteiger partial charge in [-0.05, 0) is 36.1 Å². The first kappa shape index (κ1) is 14.6. The molecule has 0 saturated heterocycles. The van der Waals surface area contributed by atoms with E-state index in [1.165, 1.54) is 11.1 Å². The molecule has 2 rings (SSSR count). The van der Waals surface area contributed by atoms with Crippen LogP contribution in [0.15, 0.2) is 48.5 Å². The molecule has 0 spiro atoms. The van der Waals surface area contributed by atoms with Crippen LogP contribution in [-0.4, -0.2) is 6.54 Å². The number of ether oxygens (including phenoxy) is 1. The van der Waals surface area contributed by atoms with E-state index in [0.717, 1.165) is 11.3 Å². The van der Waals surface area contributed by atoms with Gasteiger partial charge in [0.1, 0.15) is 11.9 Å². The summed E-state index contributed by atoms with van der Waals surface area (Å²) in [4.78, 5) is 0. The Morgan fingerprint density at radius 1 is 0.900 bits per heavy atom. The summed E-state index contributed by atoms with van der Waals surface area (Å²) in [6, 6.07) is 16.6. The topological polar surface area (TPSA) is 35.2 Å². The highest BCUT2D eigenvalue weighted by Crippen LogP contribution is 2.23. The van der Waals surface area contributed by atoms with Gasteiger partial charge in [0.05, 0.1) is 0 Å². The molecule has 0 bridgehead atoms. The van der Waals surface area contributed by atoms with Crippen molar-refractivity contribution in [3.05, 3.63) is 65.2 Å². The molecule has 0 amide bonds. The summed E-state index contributed by atoms with van der Waals surface area (Å²) in [6.45, 7) is 6.92. The third-order valence-electron chi connectivity index (χ3n) is 3.49. The van der Waals surface area contributed by atoms with Gasteiger partial charge >= 0.3 is 0 Å². The number of hydrogen-bond donors (Lipinski definition) is 1. The van der Waals surface area contributed by atoms with Crippen molar-refractivity contribution in [3.8, 4) is 5.75 Å². The van der Waals surface area contributed by atoms with E-state index in [1.54, 1.807) is 0 Å². The van der Waals surface area contributed by atoms with Crippen LogP contribution in [-0.2, 0) is 0 Å². The fourth-order valence-corrected chi connectivity index (χ4v) is 2.13. The van der Waals surface area contributed by atoms with E-state index in [-0.39, 0.29) is 6.10 Å². The second kappa shape index (κ2) is 6.58. The first-order valence-electron chi connectivity index (χ1n) is 7.13. The zero-order valence-electron chi connectivity index (χ0n) is 12.5. The smallest absolute Gasteiger partial charge is 0.136 e. The number of hydrogen-bond acceptors (Lipinski definition) is 2. The molecular formula is C18H23NO. The summed E-state index contributed by atoms with van der Waals surface area (Å²) in [7, 11) is 0. The van der Waals surface area contributed by atoms with Crippen LogP contribution in [0.25, 0.3) is 0 Å². The standard InChI is InChI=1S/C18H23NO/c1-13(2)15-6-8-16(9-7-15)18(12-19)20-17-10-4-14(3)5-11-17/h4-11,13,18H,12,19H2,1-3H3. The molecule has 0 fully saturated rings. The highest BCUT2D eigenvalue weighted by Gasteiger charge is 2.12.